The SMILES string of the molecule is CCN(CC)c1ccc(NC(=O)C(CCSC)NS(=O)(=O)c2ccccc2F)cn1. The molecule has 0 radical (unpaired) electrons. The second kappa shape index (κ2) is 11.3. The molecule has 30 heavy (non-hydrogen) atoms. The van der Waals surface area contributed by atoms with Crippen molar-refractivity contribution in [3.63, 3.8) is 0 Å². The van der Waals surface area contributed by atoms with Gasteiger partial charge in [-0.3, -0.25) is 4.79 Å². The molecule has 2 N–H and O–H groups in total. The number of sulfonamides is 1. The molecule has 0 aliphatic rings. The number of amides is 1. The smallest absolute Gasteiger partial charge is 0.244 e. The Bertz CT molecular complexity index is 935. The number of pyridine rings is 1. The predicted molar refractivity (Wildman–Crippen MR) is 120 cm³/mol. The van der Waals surface area contributed by atoms with E-state index in [0.29, 0.717) is 11.4 Å². The van der Waals surface area contributed by atoms with E-state index in [2.05, 4.69) is 19.9 Å². The molecule has 1 aromatic carbocycles. The van der Waals surface area contributed by atoms with Gasteiger partial charge in [0.15, 0.2) is 0 Å². The van der Waals surface area contributed by atoms with Crippen LogP contribution >= 0.6 is 11.8 Å². The molecule has 1 atom stereocenters. The topological polar surface area (TPSA) is 91.4 Å². The van der Waals surface area contributed by atoms with Crippen LogP contribution in [0, 0.1) is 5.82 Å². The zero-order chi connectivity index (χ0) is 22.1. The molecule has 0 saturated carbocycles. The van der Waals surface area contributed by atoms with Gasteiger partial charge in [0.05, 0.1) is 11.9 Å². The molecule has 0 bridgehead atoms. The van der Waals surface area contributed by atoms with Crippen LogP contribution < -0.4 is 14.9 Å². The second-order valence-electron chi connectivity index (χ2n) is 6.45. The van der Waals surface area contributed by atoms with Crippen molar-refractivity contribution in [3.05, 3.63) is 48.4 Å². The Hall–Kier alpha value is -2.17. The maximum Gasteiger partial charge on any atom is 0.244 e. The van der Waals surface area contributed by atoms with Gasteiger partial charge in [-0.1, -0.05) is 12.1 Å². The molecule has 164 valence electrons. The Labute approximate surface area is 181 Å². The third-order valence-corrected chi connectivity index (χ3v) is 6.60. The number of halogens is 1. The molecule has 2 aromatic rings. The van der Waals surface area contributed by atoms with E-state index in [1.54, 1.807) is 12.1 Å². The number of rotatable bonds is 11. The summed E-state index contributed by atoms with van der Waals surface area (Å²) in [5.41, 5.74) is 0.454. The quantitative estimate of drug-likeness (QED) is 0.542. The first-order valence-electron chi connectivity index (χ1n) is 9.60. The van der Waals surface area contributed by atoms with Crippen LogP contribution in [0.4, 0.5) is 15.9 Å². The minimum atomic E-state index is -4.20. The fourth-order valence-electron chi connectivity index (χ4n) is 2.82. The lowest BCUT2D eigenvalue weighted by molar-refractivity contribution is -0.117. The Morgan fingerprint density at radius 2 is 1.90 bits per heavy atom. The van der Waals surface area contributed by atoms with Crippen molar-refractivity contribution in [2.24, 2.45) is 0 Å². The van der Waals surface area contributed by atoms with Crippen molar-refractivity contribution in [3.8, 4) is 0 Å². The molecular formula is C20H27FN4O3S2. The van der Waals surface area contributed by atoms with Crippen molar-refractivity contribution < 1.29 is 17.6 Å². The predicted octanol–water partition coefficient (Wildman–Crippen LogP) is 3.11. The summed E-state index contributed by atoms with van der Waals surface area (Å²) in [5, 5.41) is 2.69. The first-order chi connectivity index (χ1) is 14.3. The van der Waals surface area contributed by atoms with Crippen molar-refractivity contribution in [1.29, 1.82) is 0 Å². The third kappa shape index (κ3) is 6.41. The summed E-state index contributed by atoms with van der Waals surface area (Å²) in [7, 11) is -4.20. The van der Waals surface area contributed by atoms with E-state index >= 15 is 0 Å². The van der Waals surface area contributed by atoms with Crippen molar-refractivity contribution >= 4 is 39.2 Å². The molecule has 2 rings (SSSR count). The summed E-state index contributed by atoms with van der Waals surface area (Å²) in [5.74, 6) is -0.0550. The number of hydrogen-bond acceptors (Lipinski definition) is 6. The fourth-order valence-corrected chi connectivity index (χ4v) is 4.60. The Morgan fingerprint density at radius 3 is 2.47 bits per heavy atom. The van der Waals surface area contributed by atoms with Crippen LogP contribution in [0.25, 0.3) is 0 Å². The normalized spacial score (nSPS) is 12.4. The number of hydrogen-bond donors (Lipinski definition) is 2. The molecule has 7 nitrogen and oxygen atoms in total. The largest absolute Gasteiger partial charge is 0.357 e. The third-order valence-electron chi connectivity index (χ3n) is 4.45. The lowest BCUT2D eigenvalue weighted by Crippen LogP contribution is -2.44. The molecule has 1 unspecified atom stereocenters. The lowest BCUT2D eigenvalue weighted by Gasteiger charge is -2.20. The molecule has 0 fully saturated rings. The van der Waals surface area contributed by atoms with Gasteiger partial charge in [-0.05, 0) is 56.5 Å². The van der Waals surface area contributed by atoms with E-state index in [-0.39, 0.29) is 6.42 Å². The highest BCUT2D eigenvalue weighted by molar-refractivity contribution is 7.98. The summed E-state index contributed by atoms with van der Waals surface area (Å²) >= 11 is 1.48. The molecule has 1 aromatic heterocycles. The van der Waals surface area contributed by atoms with E-state index in [0.717, 1.165) is 31.0 Å². The van der Waals surface area contributed by atoms with Gasteiger partial charge in [-0.15, -0.1) is 0 Å². The Kier molecular flexibility index (Phi) is 9.07. The van der Waals surface area contributed by atoms with Crippen LogP contribution in [0.2, 0.25) is 0 Å². The van der Waals surface area contributed by atoms with Gasteiger partial charge in [0.1, 0.15) is 22.6 Å². The van der Waals surface area contributed by atoms with E-state index in [9.17, 15) is 17.6 Å². The summed E-state index contributed by atoms with van der Waals surface area (Å²) in [6.07, 6.45) is 3.64. The summed E-state index contributed by atoms with van der Waals surface area (Å²) < 4.78 is 41.5. The standard InChI is InChI=1S/C20H27FN4O3S2/c1-4-25(5-2)19-11-10-15(14-22-19)23-20(26)17(12-13-29-3)24-30(27,28)18-9-7-6-8-16(18)21/h6-11,14,17,24H,4-5,12-13H2,1-3H3,(H,23,26). The van der Waals surface area contributed by atoms with Crippen molar-refractivity contribution in [1.82, 2.24) is 9.71 Å². The van der Waals surface area contributed by atoms with Crippen LogP contribution in [-0.4, -0.2) is 50.4 Å². The Balaban J connectivity index is 2.16. The van der Waals surface area contributed by atoms with Gasteiger partial charge >= 0.3 is 0 Å². The van der Waals surface area contributed by atoms with Gasteiger partial charge in [0.2, 0.25) is 15.9 Å². The number of anilines is 2. The number of thioether (sulfide) groups is 1. The molecule has 0 aliphatic heterocycles. The van der Waals surface area contributed by atoms with Crippen LogP contribution in [0.15, 0.2) is 47.5 Å². The highest BCUT2D eigenvalue weighted by Gasteiger charge is 2.27. The lowest BCUT2D eigenvalue weighted by atomic mass is 10.2. The minimum absolute atomic E-state index is 0.256. The summed E-state index contributed by atoms with van der Waals surface area (Å²) in [6, 6.07) is 7.52. The van der Waals surface area contributed by atoms with E-state index < -0.39 is 32.7 Å². The van der Waals surface area contributed by atoms with Crippen molar-refractivity contribution in [2.45, 2.75) is 31.2 Å². The first kappa shape index (κ1) is 24.1. The highest BCUT2D eigenvalue weighted by atomic mass is 32.2. The van der Waals surface area contributed by atoms with Crippen LogP contribution in [0.3, 0.4) is 0 Å². The van der Waals surface area contributed by atoms with Gasteiger partial charge in [0, 0.05) is 13.1 Å². The van der Waals surface area contributed by atoms with Gasteiger partial charge in [-0.2, -0.15) is 16.5 Å². The maximum atomic E-state index is 14.0. The van der Waals surface area contributed by atoms with E-state index in [1.165, 1.54) is 30.1 Å². The average molecular weight is 455 g/mol. The van der Waals surface area contributed by atoms with Crippen LogP contribution in [0.5, 0.6) is 0 Å². The number of nitrogens with one attached hydrogen (secondary N) is 2. The number of carbonyl (C=O) groups is 1. The highest BCUT2D eigenvalue weighted by Crippen LogP contribution is 2.17. The first-order valence-corrected chi connectivity index (χ1v) is 12.5. The van der Waals surface area contributed by atoms with E-state index in [1.807, 2.05) is 20.1 Å². The number of nitrogens with zero attached hydrogens (tertiary/aromatic N) is 2. The van der Waals surface area contributed by atoms with Gasteiger partial charge in [0.25, 0.3) is 0 Å². The Morgan fingerprint density at radius 1 is 1.20 bits per heavy atom. The number of carbonyl (C=O) groups excluding carboxylic acids is 1. The van der Waals surface area contributed by atoms with Crippen molar-refractivity contribution in [2.75, 3.05) is 35.3 Å². The number of aromatic nitrogens is 1. The zero-order valence-corrected chi connectivity index (χ0v) is 18.9. The molecule has 1 heterocycles. The molecular weight excluding hydrogens is 427 g/mol. The van der Waals surface area contributed by atoms with E-state index in [4.69, 9.17) is 0 Å². The maximum absolute atomic E-state index is 14.0. The van der Waals surface area contributed by atoms with Crippen LogP contribution in [0.1, 0.15) is 20.3 Å². The molecule has 0 aliphatic carbocycles. The number of benzene rings is 1. The summed E-state index contributed by atoms with van der Waals surface area (Å²) in [6.45, 7) is 5.67. The molecule has 10 heteroatoms. The average Bonchev–Trinajstić information content (AvgIpc) is 2.73. The molecule has 0 spiro atoms. The minimum Gasteiger partial charge on any atom is -0.357 e. The second-order valence-corrected chi connectivity index (χ2v) is 9.12. The monoisotopic (exact) mass is 454 g/mol. The van der Waals surface area contributed by atoms with Gasteiger partial charge < -0.3 is 10.2 Å². The van der Waals surface area contributed by atoms with Gasteiger partial charge in [-0.25, -0.2) is 17.8 Å². The fraction of sp³-hybridized carbons (Fsp3) is 0.400. The zero-order valence-electron chi connectivity index (χ0n) is 17.3. The van der Waals surface area contributed by atoms with Crippen LogP contribution in [-0.2, 0) is 14.8 Å². The summed E-state index contributed by atoms with van der Waals surface area (Å²) in [4.78, 5) is 18.7. The molecule has 0 saturated heterocycles. The molecule has 1 amide bonds.